The molecule has 0 saturated carbocycles. The van der Waals surface area contributed by atoms with Crippen LogP contribution < -0.4 is 0 Å². The number of aryl methyl sites for hydroxylation is 1. The Bertz CT molecular complexity index is 878. The van der Waals surface area contributed by atoms with Crippen molar-refractivity contribution in [1.29, 1.82) is 0 Å². The van der Waals surface area contributed by atoms with Crippen molar-refractivity contribution in [3.05, 3.63) is 65.9 Å². The Kier molecular flexibility index (Phi) is 4.88. The Labute approximate surface area is 156 Å². The molecule has 0 fully saturated rings. The summed E-state index contributed by atoms with van der Waals surface area (Å²) in [5.41, 5.74) is 6.99. The molecule has 0 aliphatic heterocycles. The summed E-state index contributed by atoms with van der Waals surface area (Å²) in [6.07, 6.45) is 3.49. The first-order valence-electron chi connectivity index (χ1n) is 9.00. The number of pyridine rings is 1. The fraction of sp³-hybridized carbons (Fsp3) is 0.348. The van der Waals surface area contributed by atoms with Gasteiger partial charge in [-0.2, -0.15) is 0 Å². The van der Waals surface area contributed by atoms with Crippen molar-refractivity contribution in [2.45, 2.75) is 40.0 Å². The number of aromatic nitrogens is 1. The van der Waals surface area contributed by atoms with Crippen LogP contribution in [0.25, 0.3) is 22.0 Å². The van der Waals surface area contributed by atoms with Gasteiger partial charge in [0.15, 0.2) is 0 Å². The molecule has 3 aromatic rings. The van der Waals surface area contributed by atoms with Crippen LogP contribution in [-0.2, 0) is 12.8 Å². The van der Waals surface area contributed by atoms with Gasteiger partial charge in [-0.05, 0) is 53.4 Å². The van der Waals surface area contributed by atoms with Gasteiger partial charge in [-0.15, -0.1) is 12.4 Å². The number of fused-ring (bicyclic) bond motifs is 2. The average Bonchev–Trinajstić information content (AvgIpc) is 2.59. The second kappa shape index (κ2) is 6.80. The van der Waals surface area contributed by atoms with Gasteiger partial charge in [0.2, 0.25) is 0 Å². The molecule has 130 valence electrons. The summed E-state index contributed by atoms with van der Waals surface area (Å²) in [7, 11) is 0. The zero-order valence-electron chi connectivity index (χ0n) is 15.3. The third kappa shape index (κ3) is 3.30. The number of para-hydroxylation sites is 1. The Balaban J connectivity index is 0.00000182. The standard InChI is InChI=1S/C23H25N.ClH/c1-23(2,3)17-13-14-21-19(15-17)22(16-9-5-4-6-10-16)18-11-7-8-12-20(18)24-21;/h4-12,17H,13-15H2,1-3H3;1H. The minimum atomic E-state index is 0. The average molecular weight is 352 g/mol. The maximum atomic E-state index is 5.02. The van der Waals surface area contributed by atoms with E-state index in [0.717, 1.165) is 24.3 Å². The van der Waals surface area contributed by atoms with Gasteiger partial charge in [0.25, 0.3) is 0 Å². The maximum Gasteiger partial charge on any atom is 0.0711 e. The molecule has 0 saturated heterocycles. The van der Waals surface area contributed by atoms with Crippen LogP contribution in [0.5, 0.6) is 0 Å². The van der Waals surface area contributed by atoms with Gasteiger partial charge < -0.3 is 0 Å². The van der Waals surface area contributed by atoms with Crippen LogP contribution in [0.4, 0.5) is 0 Å². The molecule has 1 heterocycles. The highest BCUT2D eigenvalue weighted by Crippen LogP contribution is 2.42. The topological polar surface area (TPSA) is 12.9 Å². The van der Waals surface area contributed by atoms with E-state index < -0.39 is 0 Å². The molecule has 2 aromatic carbocycles. The molecule has 1 unspecified atom stereocenters. The monoisotopic (exact) mass is 351 g/mol. The summed E-state index contributed by atoms with van der Waals surface area (Å²) in [5.74, 6) is 0.718. The third-order valence-electron chi connectivity index (χ3n) is 5.55. The van der Waals surface area contributed by atoms with Crippen molar-refractivity contribution in [2.75, 3.05) is 0 Å². The number of halogens is 1. The van der Waals surface area contributed by atoms with E-state index in [0.29, 0.717) is 5.41 Å². The van der Waals surface area contributed by atoms with E-state index in [1.165, 1.54) is 34.2 Å². The quantitative estimate of drug-likeness (QED) is 0.489. The van der Waals surface area contributed by atoms with Gasteiger partial charge in [-0.3, -0.25) is 4.98 Å². The van der Waals surface area contributed by atoms with Crippen molar-refractivity contribution in [1.82, 2.24) is 4.98 Å². The minimum Gasteiger partial charge on any atom is -0.253 e. The third-order valence-corrected chi connectivity index (χ3v) is 5.55. The molecule has 1 atom stereocenters. The summed E-state index contributed by atoms with van der Waals surface area (Å²) < 4.78 is 0. The minimum absolute atomic E-state index is 0. The van der Waals surface area contributed by atoms with Gasteiger partial charge in [0, 0.05) is 11.1 Å². The Morgan fingerprint density at radius 3 is 2.32 bits per heavy atom. The molecule has 0 radical (unpaired) electrons. The Hall–Kier alpha value is -1.86. The Morgan fingerprint density at radius 1 is 0.920 bits per heavy atom. The van der Waals surface area contributed by atoms with Crippen LogP contribution in [0.15, 0.2) is 54.6 Å². The molecular formula is C23H26ClN. The summed E-state index contributed by atoms with van der Waals surface area (Å²) in [5, 5.41) is 1.29. The smallest absolute Gasteiger partial charge is 0.0711 e. The van der Waals surface area contributed by atoms with Crippen molar-refractivity contribution >= 4 is 23.3 Å². The highest BCUT2D eigenvalue weighted by Gasteiger charge is 2.31. The van der Waals surface area contributed by atoms with E-state index in [4.69, 9.17) is 4.98 Å². The molecule has 1 aliphatic carbocycles. The largest absolute Gasteiger partial charge is 0.253 e. The molecular weight excluding hydrogens is 326 g/mol. The molecule has 0 N–H and O–H groups in total. The van der Waals surface area contributed by atoms with Gasteiger partial charge in [0.05, 0.1) is 5.52 Å². The molecule has 1 nitrogen and oxygen atoms in total. The Morgan fingerprint density at radius 2 is 1.60 bits per heavy atom. The van der Waals surface area contributed by atoms with E-state index in [2.05, 4.69) is 75.4 Å². The van der Waals surface area contributed by atoms with E-state index in [1.54, 1.807) is 0 Å². The fourth-order valence-corrected chi connectivity index (χ4v) is 4.06. The zero-order chi connectivity index (χ0) is 16.7. The molecule has 0 amide bonds. The van der Waals surface area contributed by atoms with E-state index in [9.17, 15) is 0 Å². The first-order chi connectivity index (χ1) is 11.5. The second-order valence-electron chi connectivity index (χ2n) is 8.10. The van der Waals surface area contributed by atoms with Crippen LogP contribution in [-0.4, -0.2) is 4.98 Å². The number of hydrogen-bond donors (Lipinski definition) is 0. The summed E-state index contributed by atoms with van der Waals surface area (Å²) in [6.45, 7) is 7.12. The molecule has 0 bridgehead atoms. The van der Waals surface area contributed by atoms with E-state index in [1.807, 2.05) is 0 Å². The molecule has 1 aliphatic rings. The van der Waals surface area contributed by atoms with Crippen molar-refractivity contribution < 1.29 is 0 Å². The van der Waals surface area contributed by atoms with E-state index >= 15 is 0 Å². The zero-order valence-corrected chi connectivity index (χ0v) is 16.1. The molecule has 1 aromatic heterocycles. The highest BCUT2D eigenvalue weighted by atomic mass is 35.5. The summed E-state index contributed by atoms with van der Waals surface area (Å²) in [4.78, 5) is 5.02. The fourth-order valence-electron chi connectivity index (χ4n) is 4.06. The lowest BCUT2D eigenvalue weighted by molar-refractivity contribution is 0.215. The van der Waals surface area contributed by atoms with E-state index in [-0.39, 0.29) is 12.4 Å². The predicted molar refractivity (Wildman–Crippen MR) is 109 cm³/mol. The van der Waals surface area contributed by atoms with Gasteiger partial charge in [-0.25, -0.2) is 0 Å². The van der Waals surface area contributed by atoms with Gasteiger partial charge >= 0.3 is 0 Å². The second-order valence-corrected chi connectivity index (χ2v) is 8.10. The summed E-state index contributed by atoms with van der Waals surface area (Å²) in [6, 6.07) is 19.5. The van der Waals surface area contributed by atoms with Crippen molar-refractivity contribution in [3.8, 4) is 11.1 Å². The normalized spacial score (nSPS) is 17.0. The maximum absolute atomic E-state index is 5.02. The number of nitrogens with zero attached hydrogens (tertiary/aromatic N) is 1. The first kappa shape index (κ1) is 17.9. The van der Waals surface area contributed by atoms with Crippen molar-refractivity contribution in [2.24, 2.45) is 11.3 Å². The molecule has 0 spiro atoms. The van der Waals surface area contributed by atoms with Crippen LogP contribution in [0, 0.1) is 11.3 Å². The predicted octanol–water partition coefficient (Wildman–Crippen LogP) is 6.47. The van der Waals surface area contributed by atoms with Crippen LogP contribution in [0.1, 0.15) is 38.4 Å². The lowest BCUT2D eigenvalue weighted by atomic mass is 9.70. The van der Waals surface area contributed by atoms with Crippen LogP contribution >= 0.6 is 12.4 Å². The molecule has 25 heavy (non-hydrogen) atoms. The SMILES string of the molecule is CC(C)(C)C1CCc2nc3ccccc3c(-c3ccccc3)c2C1.Cl. The lowest BCUT2D eigenvalue weighted by Gasteiger charge is -2.35. The van der Waals surface area contributed by atoms with Gasteiger partial charge in [0.1, 0.15) is 0 Å². The number of benzene rings is 2. The van der Waals surface area contributed by atoms with Crippen molar-refractivity contribution in [3.63, 3.8) is 0 Å². The molecule has 2 heteroatoms. The first-order valence-corrected chi connectivity index (χ1v) is 9.00. The van der Waals surface area contributed by atoms with Crippen LogP contribution in [0.2, 0.25) is 0 Å². The molecule has 4 rings (SSSR count). The van der Waals surface area contributed by atoms with Gasteiger partial charge in [-0.1, -0.05) is 69.3 Å². The highest BCUT2D eigenvalue weighted by molar-refractivity contribution is 5.96. The lowest BCUT2D eigenvalue weighted by Crippen LogP contribution is -2.27. The number of rotatable bonds is 1. The number of hydrogen-bond acceptors (Lipinski definition) is 1. The van der Waals surface area contributed by atoms with Crippen LogP contribution in [0.3, 0.4) is 0 Å². The summed E-state index contributed by atoms with van der Waals surface area (Å²) >= 11 is 0.